The van der Waals surface area contributed by atoms with Crippen LogP contribution in [0.25, 0.3) is 0 Å². The van der Waals surface area contributed by atoms with Crippen molar-refractivity contribution in [2.45, 2.75) is 12.2 Å². The number of carboxylic acid groups (broad SMARTS) is 1. The fraction of sp³-hybridized carbons (Fsp3) is 0.500. The Balaban J connectivity index is 2.48. The maximum Gasteiger partial charge on any atom is 0.404 e. The third-order valence-corrected chi connectivity index (χ3v) is 2.83. The standard InChI is InChI=1S/C6H9N3O2S2/c1-3-8-9-5(13-3)4(12)2-7-6(10)11/h4,7,12H,2H2,1H3,(H,10,11). The molecule has 1 heterocycles. The van der Waals surface area contributed by atoms with Crippen molar-refractivity contribution in [2.75, 3.05) is 6.54 Å². The lowest BCUT2D eigenvalue weighted by atomic mass is 10.4. The van der Waals surface area contributed by atoms with E-state index in [1.54, 1.807) is 0 Å². The summed E-state index contributed by atoms with van der Waals surface area (Å²) in [6.45, 7) is 2.08. The molecule has 0 radical (unpaired) electrons. The molecule has 1 aromatic rings. The molecule has 0 saturated carbocycles. The van der Waals surface area contributed by atoms with E-state index in [2.05, 4.69) is 28.1 Å². The maximum atomic E-state index is 10.2. The van der Waals surface area contributed by atoms with Crippen LogP contribution in [0.5, 0.6) is 0 Å². The van der Waals surface area contributed by atoms with E-state index in [1.165, 1.54) is 11.3 Å². The Kier molecular flexibility index (Phi) is 3.49. The molecule has 0 saturated heterocycles. The third-order valence-electron chi connectivity index (χ3n) is 1.27. The number of amides is 1. The van der Waals surface area contributed by atoms with Crippen LogP contribution in [0.3, 0.4) is 0 Å². The molecule has 0 bridgehead atoms. The molecule has 0 spiro atoms. The number of aromatic nitrogens is 2. The molecule has 0 fully saturated rings. The van der Waals surface area contributed by atoms with Crippen molar-refractivity contribution < 1.29 is 9.90 Å². The summed E-state index contributed by atoms with van der Waals surface area (Å²) in [5.74, 6) is 0. The molecule has 7 heteroatoms. The van der Waals surface area contributed by atoms with Gasteiger partial charge in [0.15, 0.2) is 0 Å². The summed E-state index contributed by atoms with van der Waals surface area (Å²) < 4.78 is 0. The van der Waals surface area contributed by atoms with Crippen molar-refractivity contribution in [3.63, 3.8) is 0 Å². The zero-order chi connectivity index (χ0) is 9.84. The molecular weight excluding hydrogens is 210 g/mol. The first-order valence-corrected chi connectivity index (χ1v) is 4.87. The zero-order valence-electron chi connectivity index (χ0n) is 6.89. The van der Waals surface area contributed by atoms with E-state index in [0.29, 0.717) is 0 Å². The van der Waals surface area contributed by atoms with Gasteiger partial charge in [0.25, 0.3) is 0 Å². The highest BCUT2D eigenvalue weighted by Crippen LogP contribution is 2.21. The number of nitrogens with zero attached hydrogens (tertiary/aromatic N) is 2. The summed E-state index contributed by atoms with van der Waals surface area (Å²) in [4.78, 5) is 10.2. The first kappa shape index (κ1) is 10.3. The van der Waals surface area contributed by atoms with E-state index in [9.17, 15) is 4.79 Å². The molecule has 1 unspecified atom stereocenters. The largest absolute Gasteiger partial charge is 0.465 e. The topological polar surface area (TPSA) is 75.1 Å². The van der Waals surface area contributed by atoms with Crippen LogP contribution in [0.4, 0.5) is 4.79 Å². The number of nitrogens with one attached hydrogen (secondary N) is 1. The first-order chi connectivity index (χ1) is 6.09. The third kappa shape index (κ3) is 3.19. The second-order valence-corrected chi connectivity index (χ2v) is 4.20. The van der Waals surface area contributed by atoms with Crippen LogP contribution in [0, 0.1) is 6.92 Å². The van der Waals surface area contributed by atoms with E-state index in [-0.39, 0.29) is 11.8 Å². The molecule has 1 atom stereocenters. The van der Waals surface area contributed by atoms with Crippen molar-refractivity contribution >= 4 is 30.1 Å². The second kappa shape index (κ2) is 4.43. The number of aryl methyl sites for hydroxylation is 1. The Morgan fingerprint density at radius 1 is 1.77 bits per heavy atom. The molecule has 0 aliphatic rings. The molecule has 0 aliphatic carbocycles. The van der Waals surface area contributed by atoms with Gasteiger partial charge in [-0.25, -0.2) is 4.79 Å². The molecule has 1 rings (SSSR count). The Labute approximate surface area is 84.6 Å². The molecular formula is C6H9N3O2S2. The number of rotatable bonds is 3. The molecule has 1 aromatic heterocycles. The highest BCUT2D eigenvalue weighted by molar-refractivity contribution is 7.80. The molecule has 5 nitrogen and oxygen atoms in total. The summed E-state index contributed by atoms with van der Waals surface area (Å²) >= 11 is 5.61. The normalized spacial score (nSPS) is 12.5. The van der Waals surface area contributed by atoms with E-state index < -0.39 is 6.09 Å². The number of thiol groups is 1. The Bertz CT molecular complexity index is 302. The number of hydrogen-bond donors (Lipinski definition) is 3. The number of hydrogen-bond acceptors (Lipinski definition) is 5. The molecule has 13 heavy (non-hydrogen) atoms. The predicted octanol–water partition coefficient (Wildman–Crippen LogP) is 1.09. The lowest BCUT2D eigenvalue weighted by Gasteiger charge is -2.05. The van der Waals surface area contributed by atoms with Crippen molar-refractivity contribution in [3.8, 4) is 0 Å². The van der Waals surface area contributed by atoms with Crippen LogP contribution < -0.4 is 5.32 Å². The molecule has 0 aliphatic heterocycles. The van der Waals surface area contributed by atoms with E-state index in [1.807, 2.05) is 6.92 Å². The predicted molar refractivity (Wildman–Crippen MR) is 52.4 cm³/mol. The van der Waals surface area contributed by atoms with Crippen LogP contribution in [0.2, 0.25) is 0 Å². The minimum Gasteiger partial charge on any atom is -0.465 e. The Morgan fingerprint density at radius 2 is 2.46 bits per heavy atom. The molecule has 2 N–H and O–H groups in total. The summed E-state index contributed by atoms with van der Waals surface area (Å²) in [6, 6.07) is 0. The van der Waals surface area contributed by atoms with Gasteiger partial charge in [0, 0.05) is 6.54 Å². The van der Waals surface area contributed by atoms with Crippen molar-refractivity contribution in [1.82, 2.24) is 15.5 Å². The summed E-state index contributed by atoms with van der Waals surface area (Å²) in [6.07, 6.45) is -1.06. The molecule has 72 valence electrons. The second-order valence-electron chi connectivity index (χ2n) is 2.36. The van der Waals surface area contributed by atoms with Crippen LogP contribution in [0.15, 0.2) is 0 Å². The van der Waals surface area contributed by atoms with Crippen LogP contribution in [-0.4, -0.2) is 27.9 Å². The van der Waals surface area contributed by atoms with Gasteiger partial charge in [0.2, 0.25) is 0 Å². The average Bonchev–Trinajstić information content (AvgIpc) is 2.47. The smallest absolute Gasteiger partial charge is 0.404 e. The number of carbonyl (C=O) groups is 1. The Hall–Kier alpha value is -0.820. The minimum absolute atomic E-state index is 0.220. The van der Waals surface area contributed by atoms with Crippen molar-refractivity contribution in [1.29, 1.82) is 0 Å². The van der Waals surface area contributed by atoms with Crippen molar-refractivity contribution in [2.24, 2.45) is 0 Å². The van der Waals surface area contributed by atoms with E-state index in [4.69, 9.17) is 5.11 Å². The van der Waals surface area contributed by atoms with Gasteiger partial charge >= 0.3 is 6.09 Å². The molecule has 1 amide bonds. The lowest BCUT2D eigenvalue weighted by Crippen LogP contribution is -2.24. The highest BCUT2D eigenvalue weighted by Gasteiger charge is 2.11. The monoisotopic (exact) mass is 219 g/mol. The zero-order valence-corrected chi connectivity index (χ0v) is 8.60. The maximum absolute atomic E-state index is 10.2. The SMILES string of the molecule is Cc1nnc(C(S)CNC(=O)O)s1. The van der Waals surface area contributed by atoms with Crippen LogP contribution >= 0.6 is 24.0 Å². The van der Waals surface area contributed by atoms with E-state index in [0.717, 1.165) is 10.0 Å². The summed E-state index contributed by atoms with van der Waals surface area (Å²) in [7, 11) is 0. The highest BCUT2D eigenvalue weighted by atomic mass is 32.1. The Morgan fingerprint density at radius 3 is 2.92 bits per heavy atom. The van der Waals surface area contributed by atoms with Gasteiger partial charge < -0.3 is 10.4 Å². The van der Waals surface area contributed by atoms with Gasteiger partial charge in [-0.1, -0.05) is 0 Å². The lowest BCUT2D eigenvalue weighted by molar-refractivity contribution is 0.194. The fourth-order valence-electron chi connectivity index (χ4n) is 0.718. The summed E-state index contributed by atoms with van der Waals surface area (Å²) in [5.41, 5.74) is 0. The van der Waals surface area contributed by atoms with Gasteiger partial charge in [-0.3, -0.25) is 0 Å². The van der Waals surface area contributed by atoms with Crippen molar-refractivity contribution in [3.05, 3.63) is 10.0 Å². The van der Waals surface area contributed by atoms with Crippen LogP contribution in [-0.2, 0) is 0 Å². The average molecular weight is 219 g/mol. The van der Waals surface area contributed by atoms with Gasteiger partial charge in [-0.2, -0.15) is 12.6 Å². The van der Waals surface area contributed by atoms with Crippen LogP contribution in [0.1, 0.15) is 15.3 Å². The quantitative estimate of drug-likeness (QED) is 0.665. The fourth-order valence-corrected chi connectivity index (χ4v) is 1.70. The van der Waals surface area contributed by atoms with Gasteiger partial charge in [0.05, 0.1) is 5.25 Å². The first-order valence-electron chi connectivity index (χ1n) is 3.54. The van der Waals surface area contributed by atoms with Gasteiger partial charge in [-0.05, 0) is 6.92 Å². The van der Waals surface area contributed by atoms with Gasteiger partial charge in [-0.15, -0.1) is 21.5 Å². The van der Waals surface area contributed by atoms with E-state index >= 15 is 0 Å². The summed E-state index contributed by atoms with van der Waals surface area (Å²) in [5, 5.41) is 19.6. The molecule has 0 aromatic carbocycles. The minimum atomic E-state index is -1.06. The van der Waals surface area contributed by atoms with Gasteiger partial charge in [0.1, 0.15) is 10.0 Å².